The third-order valence-corrected chi connectivity index (χ3v) is 4.36. The lowest BCUT2D eigenvalue weighted by molar-refractivity contribution is -0.156. The van der Waals surface area contributed by atoms with E-state index in [1.807, 2.05) is 6.92 Å². The standard InChI is InChI=1S/C8H15IN2O3/c1-3-5(9)7(8(13)11-10)14-4(2)6(3)12/h3-7,12H,10H2,1-2H3,(H,11,13)/t3-,4?,5-,6+,7-/m0/s1. The Kier molecular flexibility index (Phi) is 4.11. The number of hydrogen-bond acceptors (Lipinski definition) is 4. The summed E-state index contributed by atoms with van der Waals surface area (Å²) in [6, 6.07) is 0. The van der Waals surface area contributed by atoms with Gasteiger partial charge in [-0.15, -0.1) is 0 Å². The SMILES string of the molecule is CC1O[C@H](C(=O)NN)[C@@H](I)[C@H](C)[C@H]1O. The molecule has 1 heterocycles. The number of aliphatic hydroxyl groups excluding tert-OH is 1. The maximum Gasteiger partial charge on any atom is 0.264 e. The normalized spacial score (nSPS) is 43.4. The summed E-state index contributed by atoms with van der Waals surface area (Å²) >= 11 is 2.11. The maximum atomic E-state index is 11.3. The lowest BCUT2D eigenvalue weighted by Crippen LogP contribution is -2.56. The van der Waals surface area contributed by atoms with Crippen LogP contribution >= 0.6 is 22.6 Å². The number of hydrazine groups is 1. The Morgan fingerprint density at radius 3 is 2.64 bits per heavy atom. The fraction of sp³-hybridized carbons (Fsp3) is 0.875. The quantitative estimate of drug-likeness (QED) is 0.201. The maximum absolute atomic E-state index is 11.3. The molecular formula is C8H15IN2O3. The molecule has 0 aromatic carbocycles. The molecule has 6 heteroatoms. The highest BCUT2D eigenvalue weighted by molar-refractivity contribution is 14.1. The Hall–Kier alpha value is 0.0800. The van der Waals surface area contributed by atoms with Gasteiger partial charge in [-0.2, -0.15) is 0 Å². The van der Waals surface area contributed by atoms with Gasteiger partial charge in [0.15, 0.2) is 0 Å². The number of alkyl halides is 1. The summed E-state index contributed by atoms with van der Waals surface area (Å²) in [7, 11) is 0. The second-order valence-electron chi connectivity index (χ2n) is 3.56. The second kappa shape index (κ2) is 4.73. The Labute approximate surface area is 96.5 Å². The number of halogens is 1. The minimum Gasteiger partial charge on any atom is -0.390 e. The topological polar surface area (TPSA) is 84.6 Å². The van der Waals surface area contributed by atoms with Crippen molar-refractivity contribution < 1.29 is 14.6 Å². The molecule has 1 fully saturated rings. The van der Waals surface area contributed by atoms with Crippen molar-refractivity contribution in [2.45, 2.75) is 36.1 Å². The summed E-state index contributed by atoms with van der Waals surface area (Å²) in [5, 5.41) is 9.70. The molecule has 1 aliphatic rings. The number of ether oxygens (including phenoxy) is 1. The molecule has 5 nitrogen and oxygen atoms in total. The van der Waals surface area contributed by atoms with Crippen molar-refractivity contribution in [3.8, 4) is 0 Å². The van der Waals surface area contributed by atoms with Gasteiger partial charge in [0, 0.05) is 0 Å². The molecule has 82 valence electrons. The number of amides is 1. The van der Waals surface area contributed by atoms with E-state index in [1.54, 1.807) is 6.92 Å². The Bertz CT molecular complexity index is 227. The molecule has 1 saturated heterocycles. The van der Waals surface area contributed by atoms with Crippen molar-refractivity contribution in [1.29, 1.82) is 0 Å². The number of rotatable bonds is 1. The minimum atomic E-state index is -0.575. The van der Waals surface area contributed by atoms with Gasteiger partial charge in [-0.05, 0) is 12.8 Å². The minimum absolute atomic E-state index is 0.0154. The van der Waals surface area contributed by atoms with E-state index in [-0.39, 0.29) is 21.9 Å². The van der Waals surface area contributed by atoms with E-state index in [1.165, 1.54) is 0 Å². The van der Waals surface area contributed by atoms with E-state index in [4.69, 9.17) is 10.6 Å². The second-order valence-corrected chi connectivity index (χ2v) is 5.00. The van der Waals surface area contributed by atoms with Crippen LogP contribution < -0.4 is 11.3 Å². The third kappa shape index (κ3) is 2.18. The molecule has 4 N–H and O–H groups in total. The molecule has 5 atom stereocenters. The van der Waals surface area contributed by atoms with Crippen molar-refractivity contribution in [2.75, 3.05) is 0 Å². The van der Waals surface area contributed by atoms with Crippen LogP contribution in [0.25, 0.3) is 0 Å². The van der Waals surface area contributed by atoms with Gasteiger partial charge in [0.05, 0.1) is 16.1 Å². The molecule has 1 unspecified atom stereocenters. The highest BCUT2D eigenvalue weighted by Crippen LogP contribution is 2.31. The zero-order valence-corrected chi connectivity index (χ0v) is 10.3. The zero-order valence-electron chi connectivity index (χ0n) is 8.11. The van der Waals surface area contributed by atoms with E-state index in [2.05, 4.69) is 28.0 Å². The molecule has 1 amide bonds. The average molecular weight is 314 g/mol. The lowest BCUT2D eigenvalue weighted by atomic mass is 9.90. The van der Waals surface area contributed by atoms with Crippen LogP contribution in [-0.2, 0) is 9.53 Å². The van der Waals surface area contributed by atoms with Crippen LogP contribution in [0.15, 0.2) is 0 Å². The van der Waals surface area contributed by atoms with E-state index < -0.39 is 12.2 Å². The van der Waals surface area contributed by atoms with Crippen LogP contribution in [0.3, 0.4) is 0 Å². The summed E-state index contributed by atoms with van der Waals surface area (Å²) < 4.78 is 5.32. The van der Waals surface area contributed by atoms with Crippen LogP contribution in [0.2, 0.25) is 0 Å². The lowest BCUT2D eigenvalue weighted by Gasteiger charge is -2.39. The van der Waals surface area contributed by atoms with E-state index in [9.17, 15) is 9.90 Å². The first kappa shape index (κ1) is 12.2. The predicted molar refractivity (Wildman–Crippen MR) is 59.6 cm³/mol. The van der Waals surface area contributed by atoms with Crippen molar-refractivity contribution >= 4 is 28.5 Å². The van der Waals surface area contributed by atoms with Gasteiger partial charge < -0.3 is 9.84 Å². The molecule has 0 aliphatic carbocycles. The van der Waals surface area contributed by atoms with Crippen molar-refractivity contribution in [3.05, 3.63) is 0 Å². The molecule has 1 aliphatic heterocycles. The van der Waals surface area contributed by atoms with Gasteiger partial charge in [-0.25, -0.2) is 5.84 Å². The highest BCUT2D eigenvalue weighted by atomic mass is 127. The van der Waals surface area contributed by atoms with Crippen LogP contribution in [-0.4, -0.2) is 33.3 Å². The summed E-state index contributed by atoms with van der Waals surface area (Å²) in [4.78, 5) is 11.3. The van der Waals surface area contributed by atoms with Crippen molar-refractivity contribution in [3.63, 3.8) is 0 Å². The fourth-order valence-electron chi connectivity index (χ4n) is 1.57. The molecule has 0 radical (unpaired) electrons. The summed E-state index contributed by atoms with van der Waals surface area (Å²) in [6.07, 6.45) is -1.44. The van der Waals surface area contributed by atoms with Gasteiger partial charge >= 0.3 is 0 Å². The van der Waals surface area contributed by atoms with Crippen LogP contribution in [0, 0.1) is 5.92 Å². The molecule has 0 saturated carbocycles. The Morgan fingerprint density at radius 2 is 2.14 bits per heavy atom. The summed E-state index contributed by atoms with van der Waals surface area (Å²) in [5.74, 6) is 4.72. The monoisotopic (exact) mass is 314 g/mol. The van der Waals surface area contributed by atoms with Crippen LogP contribution in [0.5, 0.6) is 0 Å². The zero-order chi connectivity index (χ0) is 10.9. The number of nitrogens with one attached hydrogen (secondary N) is 1. The largest absolute Gasteiger partial charge is 0.390 e. The number of nitrogens with two attached hydrogens (primary N) is 1. The first-order valence-electron chi connectivity index (χ1n) is 4.47. The number of carbonyl (C=O) groups is 1. The number of aliphatic hydroxyl groups is 1. The van der Waals surface area contributed by atoms with Crippen molar-refractivity contribution in [1.82, 2.24) is 5.43 Å². The summed E-state index contributed by atoms with van der Waals surface area (Å²) in [6.45, 7) is 3.65. The van der Waals surface area contributed by atoms with Gasteiger partial charge in [0.25, 0.3) is 5.91 Å². The summed E-state index contributed by atoms with van der Waals surface area (Å²) in [5.41, 5.74) is 2.07. The highest BCUT2D eigenvalue weighted by Gasteiger charge is 2.42. The molecule has 0 bridgehead atoms. The smallest absolute Gasteiger partial charge is 0.264 e. The van der Waals surface area contributed by atoms with Gasteiger partial charge in [-0.3, -0.25) is 10.2 Å². The van der Waals surface area contributed by atoms with Crippen LogP contribution in [0.1, 0.15) is 13.8 Å². The molecular weight excluding hydrogens is 299 g/mol. The molecule has 0 spiro atoms. The van der Waals surface area contributed by atoms with E-state index in [0.29, 0.717) is 0 Å². The first-order chi connectivity index (χ1) is 6.49. The van der Waals surface area contributed by atoms with Gasteiger partial charge in [0.1, 0.15) is 6.10 Å². The van der Waals surface area contributed by atoms with E-state index in [0.717, 1.165) is 0 Å². The number of hydrogen-bond donors (Lipinski definition) is 3. The van der Waals surface area contributed by atoms with Crippen LogP contribution in [0.4, 0.5) is 0 Å². The Morgan fingerprint density at radius 1 is 1.57 bits per heavy atom. The third-order valence-electron chi connectivity index (χ3n) is 2.57. The van der Waals surface area contributed by atoms with Crippen molar-refractivity contribution in [2.24, 2.45) is 11.8 Å². The number of carbonyl (C=O) groups excluding carboxylic acids is 1. The Balaban J connectivity index is 2.75. The molecule has 0 aromatic heterocycles. The predicted octanol–water partition coefficient (Wildman–Crippen LogP) is -0.436. The molecule has 14 heavy (non-hydrogen) atoms. The first-order valence-corrected chi connectivity index (χ1v) is 5.71. The average Bonchev–Trinajstić information content (AvgIpc) is 2.19. The van der Waals surface area contributed by atoms with E-state index >= 15 is 0 Å². The molecule has 0 aromatic rings. The fourth-order valence-corrected chi connectivity index (χ4v) is 2.49. The van der Waals surface area contributed by atoms with Gasteiger partial charge in [0.2, 0.25) is 0 Å². The van der Waals surface area contributed by atoms with Gasteiger partial charge in [-0.1, -0.05) is 29.5 Å². The molecule has 1 rings (SSSR count).